The van der Waals surface area contributed by atoms with E-state index < -0.39 is 5.25 Å². The van der Waals surface area contributed by atoms with Gasteiger partial charge in [-0.3, -0.25) is 14.7 Å². The van der Waals surface area contributed by atoms with Gasteiger partial charge in [-0.1, -0.05) is 42.1 Å². The van der Waals surface area contributed by atoms with Crippen LogP contribution in [0.5, 0.6) is 5.75 Å². The van der Waals surface area contributed by atoms with Crippen molar-refractivity contribution < 1.29 is 9.66 Å². The Labute approximate surface area is 201 Å². The third kappa shape index (κ3) is 5.75. The molecule has 1 aromatic heterocycles. The topological polar surface area (TPSA) is 83.1 Å². The number of halogens is 2. The van der Waals surface area contributed by atoms with Crippen LogP contribution in [0.2, 0.25) is 0 Å². The van der Waals surface area contributed by atoms with Crippen LogP contribution in [0.4, 0.5) is 0 Å². The van der Waals surface area contributed by atoms with Gasteiger partial charge >= 0.3 is 0 Å². The number of benzene rings is 2. The molecular formula is C21H20Br2N4O3S. The van der Waals surface area contributed by atoms with Gasteiger partial charge in [-0.25, -0.2) is 0 Å². The Morgan fingerprint density at radius 1 is 1.23 bits per heavy atom. The van der Waals surface area contributed by atoms with Gasteiger partial charge in [0.25, 0.3) is 0 Å². The van der Waals surface area contributed by atoms with E-state index in [0.29, 0.717) is 32.3 Å². The number of thioether (sulfide) groups is 1. The monoisotopic (exact) mass is 566 g/mol. The SMILES string of the molecule is C=CCOc1c(Br)cc([C@@H](C[N+](=O)[O-])Sc2nnc(C)n2-c2ccc(C)cc2)cc1Br. The van der Waals surface area contributed by atoms with Crippen LogP contribution in [0.1, 0.15) is 22.2 Å². The Balaban J connectivity index is 1.98. The predicted molar refractivity (Wildman–Crippen MR) is 129 cm³/mol. The lowest BCUT2D eigenvalue weighted by Gasteiger charge is -2.17. The molecule has 3 rings (SSSR count). The normalized spacial score (nSPS) is 11.9. The number of aryl methyl sites for hydroxylation is 2. The summed E-state index contributed by atoms with van der Waals surface area (Å²) in [6, 6.07) is 11.7. The largest absolute Gasteiger partial charge is 0.487 e. The molecule has 0 amide bonds. The highest BCUT2D eigenvalue weighted by Gasteiger charge is 2.25. The lowest BCUT2D eigenvalue weighted by Crippen LogP contribution is -2.11. The minimum Gasteiger partial charge on any atom is -0.487 e. The molecular weight excluding hydrogens is 548 g/mol. The lowest BCUT2D eigenvalue weighted by atomic mass is 10.1. The summed E-state index contributed by atoms with van der Waals surface area (Å²) in [4.78, 5) is 11.1. The van der Waals surface area contributed by atoms with Gasteiger partial charge in [0.05, 0.1) is 8.95 Å². The average Bonchev–Trinajstić information content (AvgIpc) is 3.07. The highest BCUT2D eigenvalue weighted by Crippen LogP contribution is 2.42. The molecule has 0 aliphatic heterocycles. The summed E-state index contributed by atoms with van der Waals surface area (Å²) >= 11 is 8.32. The maximum absolute atomic E-state index is 11.4. The van der Waals surface area contributed by atoms with Gasteiger partial charge in [0, 0.05) is 10.6 Å². The summed E-state index contributed by atoms with van der Waals surface area (Å²) in [5, 5.41) is 20.0. The molecule has 0 spiro atoms. The number of ether oxygens (including phenoxy) is 1. The Kier molecular flexibility index (Phi) is 7.90. The second kappa shape index (κ2) is 10.4. The van der Waals surface area contributed by atoms with Crippen LogP contribution >= 0.6 is 43.6 Å². The first-order valence-corrected chi connectivity index (χ1v) is 11.8. The summed E-state index contributed by atoms with van der Waals surface area (Å²) in [5.41, 5.74) is 2.82. The Bertz CT molecular complexity index is 1080. The molecule has 0 N–H and O–H groups in total. The van der Waals surface area contributed by atoms with E-state index in [0.717, 1.165) is 16.8 Å². The molecule has 0 fully saturated rings. The standard InChI is InChI=1S/C21H20Br2N4O3S/c1-4-9-30-20-17(22)10-15(11-18(20)23)19(12-26(28)29)31-21-25-24-14(3)27(21)16-7-5-13(2)6-8-16/h4-8,10-11,19H,1,9,12H2,2-3H3/t19-/m1/s1. The van der Waals surface area contributed by atoms with Crippen LogP contribution in [-0.2, 0) is 0 Å². The Morgan fingerprint density at radius 3 is 2.45 bits per heavy atom. The number of nitro groups is 1. The van der Waals surface area contributed by atoms with E-state index in [1.54, 1.807) is 6.08 Å². The van der Waals surface area contributed by atoms with Gasteiger partial charge in [0.1, 0.15) is 23.4 Å². The number of hydrogen-bond acceptors (Lipinski definition) is 6. The summed E-state index contributed by atoms with van der Waals surface area (Å²) in [5.74, 6) is 1.33. The van der Waals surface area contributed by atoms with Gasteiger partial charge in [-0.05, 0) is 75.5 Å². The highest BCUT2D eigenvalue weighted by molar-refractivity contribution is 9.11. The molecule has 1 atom stereocenters. The summed E-state index contributed by atoms with van der Waals surface area (Å²) in [6.07, 6.45) is 1.65. The molecule has 0 aliphatic rings. The Morgan fingerprint density at radius 2 is 1.87 bits per heavy atom. The minimum absolute atomic E-state index is 0.268. The zero-order chi connectivity index (χ0) is 22.5. The van der Waals surface area contributed by atoms with E-state index in [2.05, 4.69) is 48.6 Å². The molecule has 0 aliphatic carbocycles. The van der Waals surface area contributed by atoms with E-state index in [9.17, 15) is 10.1 Å². The molecule has 10 heteroatoms. The van der Waals surface area contributed by atoms with Gasteiger partial charge < -0.3 is 4.74 Å². The van der Waals surface area contributed by atoms with Crippen molar-refractivity contribution >= 4 is 43.6 Å². The molecule has 0 unspecified atom stereocenters. The lowest BCUT2D eigenvalue weighted by molar-refractivity contribution is -0.479. The van der Waals surface area contributed by atoms with Crippen molar-refractivity contribution in [1.29, 1.82) is 0 Å². The maximum Gasteiger partial charge on any atom is 0.220 e. The van der Waals surface area contributed by atoms with Crippen LogP contribution in [-0.4, -0.2) is 32.8 Å². The van der Waals surface area contributed by atoms with Crippen molar-refractivity contribution in [3.63, 3.8) is 0 Å². The van der Waals surface area contributed by atoms with Crippen LogP contribution in [0.15, 0.2) is 63.2 Å². The van der Waals surface area contributed by atoms with E-state index in [1.165, 1.54) is 11.8 Å². The Hall–Kier alpha value is -2.17. The molecule has 0 radical (unpaired) electrons. The molecule has 31 heavy (non-hydrogen) atoms. The van der Waals surface area contributed by atoms with E-state index in [-0.39, 0.29) is 11.5 Å². The summed E-state index contributed by atoms with van der Waals surface area (Å²) in [6.45, 7) is 7.61. The third-order valence-electron chi connectivity index (χ3n) is 4.39. The molecule has 162 valence electrons. The van der Waals surface area contributed by atoms with Gasteiger partial charge in [0.15, 0.2) is 5.16 Å². The molecule has 1 heterocycles. The van der Waals surface area contributed by atoms with Crippen molar-refractivity contribution in [2.75, 3.05) is 13.2 Å². The maximum atomic E-state index is 11.4. The zero-order valence-corrected chi connectivity index (χ0v) is 20.9. The van der Waals surface area contributed by atoms with Crippen molar-refractivity contribution in [3.8, 4) is 11.4 Å². The van der Waals surface area contributed by atoms with Crippen molar-refractivity contribution in [1.82, 2.24) is 14.8 Å². The number of hydrogen-bond donors (Lipinski definition) is 0. The number of rotatable bonds is 9. The fourth-order valence-corrected chi connectivity index (χ4v) is 5.53. The summed E-state index contributed by atoms with van der Waals surface area (Å²) < 4.78 is 8.96. The van der Waals surface area contributed by atoms with E-state index in [1.807, 2.05) is 54.8 Å². The van der Waals surface area contributed by atoms with E-state index >= 15 is 0 Å². The van der Waals surface area contributed by atoms with Crippen molar-refractivity contribution in [2.24, 2.45) is 0 Å². The molecule has 0 bridgehead atoms. The number of nitrogens with zero attached hydrogens (tertiary/aromatic N) is 4. The van der Waals surface area contributed by atoms with Crippen LogP contribution in [0.3, 0.4) is 0 Å². The van der Waals surface area contributed by atoms with Crippen LogP contribution < -0.4 is 4.74 Å². The first-order valence-electron chi connectivity index (χ1n) is 9.30. The predicted octanol–water partition coefficient (Wildman–Crippen LogP) is 6.08. The van der Waals surface area contributed by atoms with Gasteiger partial charge in [-0.15, -0.1) is 10.2 Å². The zero-order valence-electron chi connectivity index (χ0n) is 16.9. The quantitative estimate of drug-likeness (QED) is 0.135. The summed E-state index contributed by atoms with van der Waals surface area (Å²) in [7, 11) is 0. The first-order chi connectivity index (χ1) is 14.8. The van der Waals surface area contributed by atoms with Crippen molar-refractivity contribution in [2.45, 2.75) is 24.3 Å². The highest BCUT2D eigenvalue weighted by atomic mass is 79.9. The fourth-order valence-electron chi connectivity index (χ4n) is 2.93. The molecule has 0 saturated carbocycles. The second-order valence-electron chi connectivity index (χ2n) is 6.74. The van der Waals surface area contributed by atoms with Crippen LogP contribution in [0.25, 0.3) is 5.69 Å². The smallest absolute Gasteiger partial charge is 0.220 e. The molecule has 7 nitrogen and oxygen atoms in total. The average molecular weight is 568 g/mol. The van der Waals surface area contributed by atoms with E-state index in [4.69, 9.17) is 4.74 Å². The number of aromatic nitrogens is 3. The molecule has 3 aromatic rings. The third-order valence-corrected chi connectivity index (χ3v) is 6.75. The first kappa shape index (κ1) is 23.5. The molecule has 0 saturated heterocycles. The van der Waals surface area contributed by atoms with Gasteiger partial charge in [0.2, 0.25) is 6.54 Å². The van der Waals surface area contributed by atoms with Gasteiger partial charge in [-0.2, -0.15) is 0 Å². The molecule has 2 aromatic carbocycles. The minimum atomic E-state index is -0.483. The fraction of sp³-hybridized carbons (Fsp3) is 0.238. The van der Waals surface area contributed by atoms with Crippen molar-refractivity contribution in [3.05, 3.63) is 85.1 Å². The van der Waals surface area contributed by atoms with Crippen LogP contribution in [0, 0.1) is 24.0 Å². The second-order valence-corrected chi connectivity index (χ2v) is 9.61.